The van der Waals surface area contributed by atoms with Crippen molar-refractivity contribution < 1.29 is 44.8 Å². The topological polar surface area (TPSA) is 149 Å². The molecular weight excluding hydrogens is 288 g/mol. The van der Waals surface area contributed by atoms with Gasteiger partial charge in [0.2, 0.25) is 0 Å². The van der Waals surface area contributed by atoms with Crippen LogP contribution in [0.4, 0.5) is 0 Å². The van der Waals surface area contributed by atoms with Crippen LogP contribution >= 0.6 is 0 Å². The molecule has 0 amide bonds. The largest absolute Gasteiger partial charge is 0.394 e. The summed E-state index contributed by atoms with van der Waals surface area (Å²) < 4.78 is 15.5. The first-order chi connectivity index (χ1) is 9.85. The summed E-state index contributed by atoms with van der Waals surface area (Å²) in [6.45, 7) is 1.02. The summed E-state index contributed by atoms with van der Waals surface area (Å²) in [5.74, 6) is 0. The number of ether oxygens (including phenoxy) is 3. The fourth-order valence-corrected chi connectivity index (χ4v) is 2.45. The molecule has 2 aliphatic rings. The average Bonchev–Trinajstić information content (AvgIpc) is 2.44. The number of aliphatic hydroxyl groups excluding tert-OH is 6. The summed E-state index contributed by atoms with van der Waals surface area (Å²) in [5.41, 5.74) is 0. The first kappa shape index (κ1) is 17.0. The minimum atomic E-state index is -1.64. The number of hydrogen-bond donors (Lipinski definition) is 6. The third-order valence-electron chi connectivity index (χ3n) is 3.82. The molecule has 2 saturated heterocycles. The number of hydrogen-bond acceptors (Lipinski definition) is 9. The van der Waals surface area contributed by atoms with E-state index in [1.807, 2.05) is 0 Å². The Kier molecular flexibility index (Phi) is 5.52. The van der Waals surface area contributed by atoms with Gasteiger partial charge in [-0.2, -0.15) is 0 Å². The molecule has 0 aromatic carbocycles. The molecule has 0 bridgehead atoms. The Hall–Kier alpha value is -0.360. The normalized spacial score (nSPS) is 51.9. The van der Waals surface area contributed by atoms with Crippen molar-refractivity contribution in [3.05, 3.63) is 0 Å². The van der Waals surface area contributed by atoms with Crippen LogP contribution < -0.4 is 0 Å². The van der Waals surface area contributed by atoms with E-state index < -0.39 is 61.9 Å². The molecule has 0 aliphatic carbocycles. The van der Waals surface area contributed by atoms with E-state index in [0.717, 1.165) is 0 Å². The van der Waals surface area contributed by atoms with E-state index in [0.29, 0.717) is 0 Å². The van der Waals surface area contributed by atoms with Crippen LogP contribution in [0.1, 0.15) is 13.3 Å². The SMILES string of the molecule is C[C@H]1O[C@@H](O[C@@H]2[C@H](O)[C@@H](O)O[C@H](CO)[C@H]2O)[C@@H](O)C[C@@H]1O. The predicted octanol–water partition coefficient (Wildman–Crippen LogP) is -3.34. The highest BCUT2D eigenvalue weighted by Gasteiger charge is 2.47. The summed E-state index contributed by atoms with van der Waals surface area (Å²) in [7, 11) is 0. The van der Waals surface area contributed by atoms with Gasteiger partial charge in [0.25, 0.3) is 0 Å². The lowest BCUT2D eigenvalue weighted by molar-refractivity contribution is -0.341. The van der Waals surface area contributed by atoms with Gasteiger partial charge in [-0.3, -0.25) is 0 Å². The van der Waals surface area contributed by atoms with E-state index in [2.05, 4.69) is 0 Å². The fourth-order valence-electron chi connectivity index (χ4n) is 2.45. The second-order valence-corrected chi connectivity index (χ2v) is 5.41. The highest BCUT2D eigenvalue weighted by Crippen LogP contribution is 2.27. The standard InChI is InChI=1S/C12H22O9/c1-4-5(14)2-6(15)12(19-4)21-10-8(16)7(3-13)20-11(18)9(10)17/h4-18H,2-3H2,1H3/t4-,5+,6+,7-,8-,9+,10+,11+,12+/m1/s1. The maximum Gasteiger partial charge on any atom is 0.184 e. The molecule has 9 atom stereocenters. The van der Waals surface area contributed by atoms with Gasteiger partial charge in [0.1, 0.15) is 30.5 Å². The highest BCUT2D eigenvalue weighted by atomic mass is 16.7. The van der Waals surface area contributed by atoms with Gasteiger partial charge >= 0.3 is 0 Å². The van der Waals surface area contributed by atoms with Crippen LogP contribution in [0.5, 0.6) is 0 Å². The van der Waals surface area contributed by atoms with Gasteiger partial charge in [-0.05, 0) is 6.92 Å². The average molecular weight is 310 g/mol. The Morgan fingerprint density at radius 1 is 1.00 bits per heavy atom. The quantitative estimate of drug-likeness (QED) is 0.314. The van der Waals surface area contributed by atoms with Crippen LogP contribution in [-0.4, -0.2) is 92.6 Å². The van der Waals surface area contributed by atoms with E-state index in [1.165, 1.54) is 0 Å². The van der Waals surface area contributed by atoms with Gasteiger partial charge in [0.15, 0.2) is 12.6 Å². The van der Waals surface area contributed by atoms with Crippen molar-refractivity contribution in [2.75, 3.05) is 6.61 Å². The molecule has 0 aromatic heterocycles. The van der Waals surface area contributed by atoms with Crippen LogP contribution in [0.2, 0.25) is 0 Å². The minimum Gasteiger partial charge on any atom is -0.394 e. The Bertz CT molecular complexity index is 341. The van der Waals surface area contributed by atoms with Crippen molar-refractivity contribution >= 4 is 0 Å². The third kappa shape index (κ3) is 3.52. The lowest BCUT2D eigenvalue weighted by atomic mass is 9.98. The summed E-state index contributed by atoms with van der Waals surface area (Å²) >= 11 is 0. The molecule has 0 saturated carbocycles. The molecule has 2 aliphatic heterocycles. The second-order valence-electron chi connectivity index (χ2n) is 5.41. The van der Waals surface area contributed by atoms with Gasteiger partial charge in [-0.25, -0.2) is 0 Å². The zero-order valence-electron chi connectivity index (χ0n) is 11.5. The first-order valence-corrected chi connectivity index (χ1v) is 6.82. The summed E-state index contributed by atoms with van der Waals surface area (Å²) in [6.07, 6.45) is -10.8. The lowest BCUT2D eigenvalue weighted by Gasteiger charge is -2.43. The fraction of sp³-hybridized carbons (Fsp3) is 1.00. The zero-order valence-corrected chi connectivity index (χ0v) is 11.5. The molecule has 0 radical (unpaired) electrons. The van der Waals surface area contributed by atoms with Crippen molar-refractivity contribution in [1.82, 2.24) is 0 Å². The zero-order chi connectivity index (χ0) is 15.7. The summed E-state index contributed by atoms with van der Waals surface area (Å²) in [6, 6.07) is 0. The van der Waals surface area contributed by atoms with E-state index in [1.54, 1.807) is 6.92 Å². The Morgan fingerprint density at radius 2 is 1.67 bits per heavy atom. The maximum atomic E-state index is 9.98. The molecule has 9 heteroatoms. The van der Waals surface area contributed by atoms with Gasteiger partial charge in [0.05, 0.1) is 18.8 Å². The Balaban J connectivity index is 2.05. The highest BCUT2D eigenvalue weighted by molar-refractivity contribution is 4.91. The third-order valence-corrected chi connectivity index (χ3v) is 3.82. The summed E-state index contributed by atoms with van der Waals surface area (Å²) in [4.78, 5) is 0. The molecular formula is C12H22O9. The minimum absolute atomic E-state index is 0.0211. The number of aliphatic hydroxyl groups is 6. The Labute approximate surface area is 121 Å². The van der Waals surface area contributed by atoms with Crippen molar-refractivity contribution in [2.45, 2.75) is 68.7 Å². The van der Waals surface area contributed by atoms with E-state index in [4.69, 9.17) is 19.3 Å². The monoisotopic (exact) mass is 310 g/mol. The lowest BCUT2D eigenvalue weighted by Crippen LogP contribution is -2.61. The van der Waals surface area contributed by atoms with Crippen molar-refractivity contribution in [2.24, 2.45) is 0 Å². The van der Waals surface area contributed by atoms with E-state index >= 15 is 0 Å². The first-order valence-electron chi connectivity index (χ1n) is 6.82. The van der Waals surface area contributed by atoms with Crippen molar-refractivity contribution in [3.8, 4) is 0 Å². The molecule has 2 fully saturated rings. The van der Waals surface area contributed by atoms with Crippen molar-refractivity contribution in [1.29, 1.82) is 0 Å². The molecule has 0 spiro atoms. The molecule has 2 rings (SSSR count). The smallest absolute Gasteiger partial charge is 0.184 e. The van der Waals surface area contributed by atoms with Crippen LogP contribution in [0.15, 0.2) is 0 Å². The maximum absolute atomic E-state index is 9.98. The molecule has 21 heavy (non-hydrogen) atoms. The molecule has 6 N–H and O–H groups in total. The van der Waals surface area contributed by atoms with Crippen molar-refractivity contribution in [3.63, 3.8) is 0 Å². The van der Waals surface area contributed by atoms with Crippen LogP contribution in [0, 0.1) is 0 Å². The van der Waals surface area contributed by atoms with Gasteiger partial charge in [-0.1, -0.05) is 0 Å². The molecule has 9 nitrogen and oxygen atoms in total. The Morgan fingerprint density at radius 3 is 2.29 bits per heavy atom. The van der Waals surface area contributed by atoms with E-state index in [-0.39, 0.29) is 6.42 Å². The molecule has 0 aromatic rings. The second kappa shape index (κ2) is 6.82. The van der Waals surface area contributed by atoms with E-state index in [9.17, 15) is 25.5 Å². The summed E-state index contributed by atoms with van der Waals surface area (Å²) in [5, 5.41) is 57.8. The predicted molar refractivity (Wildman–Crippen MR) is 65.8 cm³/mol. The van der Waals surface area contributed by atoms with Gasteiger partial charge < -0.3 is 44.8 Å². The van der Waals surface area contributed by atoms with Crippen LogP contribution in [0.25, 0.3) is 0 Å². The van der Waals surface area contributed by atoms with Gasteiger partial charge in [-0.15, -0.1) is 0 Å². The van der Waals surface area contributed by atoms with Crippen LogP contribution in [0.3, 0.4) is 0 Å². The number of rotatable bonds is 3. The van der Waals surface area contributed by atoms with Gasteiger partial charge in [0, 0.05) is 6.42 Å². The molecule has 124 valence electrons. The van der Waals surface area contributed by atoms with Crippen LogP contribution in [-0.2, 0) is 14.2 Å². The molecule has 2 heterocycles. The molecule has 0 unspecified atom stereocenters.